The summed E-state index contributed by atoms with van der Waals surface area (Å²) < 4.78 is 16.1. The molecule has 0 aromatic carbocycles. The van der Waals surface area contributed by atoms with Crippen LogP contribution in [0.2, 0.25) is 0 Å². The minimum atomic E-state index is -0.739. The smallest absolute Gasteiger partial charge is 0.162 e. The van der Waals surface area contributed by atoms with Crippen molar-refractivity contribution in [3.8, 4) is 0 Å². The highest BCUT2D eigenvalue weighted by Gasteiger charge is 2.05. The van der Waals surface area contributed by atoms with Gasteiger partial charge in [-0.15, -0.1) is 0 Å². The van der Waals surface area contributed by atoms with E-state index >= 15 is 0 Å². The van der Waals surface area contributed by atoms with Crippen LogP contribution in [-0.2, 0) is 6.42 Å². The highest BCUT2D eigenvalue weighted by molar-refractivity contribution is 14.2. The van der Waals surface area contributed by atoms with Gasteiger partial charge in [0.25, 0.3) is 0 Å². The fourth-order valence-corrected chi connectivity index (χ4v) is 2.68. The average molecular weight is 341 g/mol. The van der Waals surface area contributed by atoms with Gasteiger partial charge < -0.3 is 0 Å². The molecule has 0 atom stereocenters. The van der Waals surface area contributed by atoms with Crippen LogP contribution in [0.3, 0.4) is 0 Å². The summed E-state index contributed by atoms with van der Waals surface area (Å²) in [5.41, 5.74) is 2.25. The number of aldehydes is 1. The fourth-order valence-electron chi connectivity index (χ4n) is 1.47. The predicted molar refractivity (Wildman–Crippen MR) is 74.2 cm³/mol. The molecule has 0 N–H and O–H groups in total. The first kappa shape index (κ1) is 12.1. The van der Waals surface area contributed by atoms with E-state index < -0.39 is 20.7 Å². The summed E-state index contributed by atoms with van der Waals surface area (Å²) in [5, 5.41) is 0. The lowest BCUT2D eigenvalue weighted by molar-refractivity contribution is 0.112. The van der Waals surface area contributed by atoms with Crippen molar-refractivity contribution >= 4 is 30.7 Å². The van der Waals surface area contributed by atoms with Crippen LogP contribution in [0.1, 0.15) is 15.9 Å². The maximum Gasteiger partial charge on any atom is 0.162 e. The molecule has 0 saturated carbocycles. The Kier molecular flexibility index (Phi) is 4.12. The van der Waals surface area contributed by atoms with Crippen LogP contribution in [0, 0.1) is 0 Å². The average Bonchev–Trinajstić information content (AvgIpc) is 2.54. The molecule has 0 saturated heterocycles. The number of carbonyl (C=O) groups is 1. The number of carbonyl (C=O) groups excluding carboxylic acids is 1. The summed E-state index contributed by atoms with van der Waals surface area (Å²) in [6.07, 6.45) is 9.64. The Morgan fingerprint density at radius 2 is 2.41 bits per heavy atom. The van der Waals surface area contributed by atoms with Gasteiger partial charge in [-0.25, -0.2) is 0 Å². The van der Waals surface area contributed by atoms with Crippen LogP contribution >= 0.6 is 20.7 Å². The summed E-state index contributed by atoms with van der Waals surface area (Å²) in [6.45, 7) is 0. The topological polar surface area (TPSA) is 30.0 Å². The number of nitrogens with zero attached hydrogens (tertiary/aromatic N) is 1. The molecule has 86 valence electrons. The number of aromatic nitrogens is 1. The molecular weight excluding hydrogens is 332 g/mol. The molecule has 1 aliphatic heterocycles. The van der Waals surface area contributed by atoms with E-state index in [-0.39, 0.29) is 3.83 Å². The monoisotopic (exact) mass is 341 g/mol. The predicted octanol–water partition coefficient (Wildman–Crippen LogP) is 3.12. The van der Waals surface area contributed by atoms with Gasteiger partial charge in [0.05, 0.1) is 0 Å². The summed E-state index contributed by atoms with van der Waals surface area (Å²) in [5.74, 6) is 0. The third-order valence-electron chi connectivity index (χ3n) is 2.26. The maximum absolute atomic E-state index is 13.3. The summed E-state index contributed by atoms with van der Waals surface area (Å²) in [7, 11) is 0. The zero-order valence-electron chi connectivity index (χ0n) is 8.86. The van der Waals surface area contributed by atoms with Crippen molar-refractivity contribution in [3.63, 3.8) is 0 Å². The van der Waals surface area contributed by atoms with Crippen LogP contribution in [0.15, 0.2) is 46.1 Å². The second-order valence-corrected chi connectivity index (χ2v) is 5.61. The van der Waals surface area contributed by atoms with Gasteiger partial charge in [0.15, 0.2) is 3.83 Å². The molecule has 1 aromatic heterocycles. The Morgan fingerprint density at radius 3 is 3.24 bits per heavy atom. The Morgan fingerprint density at radius 1 is 1.53 bits per heavy atom. The first-order chi connectivity index (χ1) is 8.29. The molecule has 2 rings (SSSR count). The van der Waals surface area contributed by atoms with Crippen molar-refractivity contribution in [2.75, 3.05) is 0 Å². The second kappa shape index (κ2) is 5.80. The highest BCUT2D eigenvalue weighted by atomic mass is 127. The van der Waals surface area contributed by atoms with Gasteiger partial charge >= 0.3 is 0 Å². The molecule has 4 heteroatoms. The molecular formula is C13H9FINO. The van der Waals surface area contributed by atoms with E-state index in [1.54, 1.807) is 24.5 Å². The van der Waals surface area contributed by atoms with E-state index in [0.717, 1.165) is 17.4 Å². The third kappa shape index (κ3) is 3.28. The van der Waals surface area contributed by atoms with E-state index in [0.29, 0.717) is 12.0 Å². The van der Waals surface area contributed by atoms with Gasteiger partial charge in [-0.3, -0.25) is 9.78 Å². The molecule has 2 heterocycles. The molecule has 0 aliphatic carbocycles. The Bertz CT molecular complexity index is 569. The molecule has 1 aliphatic rings. The molecule has 0 spiro atoms. The number of rotatable bonds is 3. The molecule has 2 nitrogen and oxygen atoms in total. The Balaban J connectivity index is 2.28. The molecule has 0 unspecified atom stereocenters. The Hall–Kier alpha value is -1.39. The molecule has 0 amide bonds. The van der Waals surface area contributed by atoms with E-state index in [2.05, 4.69) is 8.65 Å². The number of halogens is 2. The number of pyridine rings is 1. The van der Waals surface area contributed by atoms with Gasteiger partial charge in [0.2, 0.25) is 0 Å². The fraction of sp³-hybridized carbons (Fsp3) is 0.0769. The number of hydrogen-bond acceptors (Lipinski definition) is 2. The van der Waals surface area contributed by atoms with Crippen molar-refractivity contribution in [3.05, 3.63) is 57.2 Å². The van der Waals surface area contributed by atoms with Crippen LogP contribution in [0.25, 0.3) is 0 Å². The van der Waals surface area contributed by atoms with Gasteiger partial charge in [-0.2, -0.15) is 4.39 Å². The molecule has 1 aromatic rings. The number of hydrogen-bond donors (Lipinski definition) is 0. The van der Waals surface area contributed by atoms with E-state index in [1.165, 1.54) is 6.08 Å². The highest BCUT2D eigenvalue weighted by Crippen LogP contribution is 2.21. The van der Waals surface area contributed by atoms with E-state index in [9.17, 15) is 9.18 Å². The molecule has 17 heavy (non-hydrogen) atoms. The minimum Gasteiger partial charge on any atom is -0.298 e. The summed E-state index contributed by atoms with van der Waals surface area (Å²) in [4.78, 5) is 14.8. The third-order valence-corrected chi connectivity index (χ3v) is 3.76. The first-order valence-corrected chi connectivity index (χ1v) is 7.12. The van der Waals surface area contributed by atoms with Crippen molar-refractivity contribution in [2.24, 2.45) is 0 Å². The van der Waals surface area contributed by atoms with Crippen LogP contribution in [0.4, 0.5) is 4.39 Å². The lowest BCUT2D eigenvalue weighted by Crippen LogP contribution is -1.95. The van der Waals surface area contributed by atoms with Crippen molar-refractivity contribution < 1.29 is 9.18 Å². The van der Waals surface area contributed by atoms with Crippen molar-refractivity contribution in [1.29, 1.82) is 0 Å². The minimum absolute atomic E-state index is 0.111. The second-order valence-electron chi connectivity index (χ2n) is 3.41. The SMILES string of the molecule is O=Cc1ccncc1CC1=CC=C=IC(F)=C1. The van der Waals surface area contributed by atoms with Gasteiger partial charge in [-0.1, -0.05) is 9.74 Å². The van der Waals surface area contributed by atoms with Crippen molar-refractivity contribution in [1.82, 2.24) is 4.98 Å². The van der Waals surface area contributed by atoms with Crippen LogP contribution < -0.4 is 0 Å². The lowest BCUT2D eigenvalue weighted by Gasteiger charge is -2.04. The zero-order chi connectivity index (χ0) is 12.1. The van der Waals surface area contributed by atoms with Crippen molar-refractivity contribution in [2.45, 2.75) is 6.42 Å². The maximum atomic E-state index is 13.3. The van der Waals surface area contributed by atoms with Crippen LogP contribution in [-0.4, -0.2) is 14.9 Å². The largest absolute Gasteiger partial charge is 0.298 e. The van der Waals surface area contributed by atoms with Gasteiger partial charge in [-0.05, 0) is 35.8 Å². The van der Waals surface area contributed by atoms with E-state index in [1.807, 2.05) is 6.08 Å². The number of allylic oxidation sites excluding steroid dienone is 4. The summed E-state index contributed by atoms with van der Waals surface area (Å²) >= 11 is -0.739. The molecule has 0 radical (unpaired) electrons. The lowest BCUT2D eigenvalue weighted by atomic mass is 10.0. The zero-order valence-corrected chi connectivity index (χ0v) is 11.0. The first-order valence-electron chi connectivity index (χ1n) is 4.96. The standard InChI is InChI=1S/C13H9FINO/c14-13-7-10(2-1-4-15-13)6-12-8-16-5-3-11(12)9-17/h1-3,5,7-9H,6H2. The van der Waals surface area contributed by atoms with Crippen LogP contribution in [0.5, 0.6) is 0 Å². The van der Waals surface area contributed by atoms with Gasteiger partial charge in [0, 0.05) is 38.7 Å². The Labute approximate surface area is 108 Å². The molecule has 0 bridgehead atoms. The molecule has 0 fully saturated rings. The van der Waals surface area contributed by atoms with Gasteiger partial charge in [0.1, 0.15) is 6.29 Å². The summed E-state index contributed by atoms with van der Waals surface area (Å²) in [6, 6.07) is 1.66. The quantitative estimate of drug-likeness (QED) is 0.625. The van der Waals surface area contributed by atoms with E-state index in [4.69, 9.17) is 0 Å². The normalized spacial score (nSPS) is 14.4.